The maximum atomic E-state index is 12.6. The fourth-order valence-corrected chi connectivity index (χ4v) is 3.41. The maximum absolute atomic E-state index is 12.6. The molecule has 0 N–H and O–H groups in total. The summed E-state index contributed by atoms with van der Waals surface area (Å²) in [6, 6.07) is 11.5. The number of hydrogen-bond donors (Lipinski definition) is 0. The number of aryl methyl sites for hydroxylation is 1. The van der Waals surface area contributed by atoms with E-state index in [1.807, 2.05) is 24.3 Å². The summed E-state index contributed by atoms with van der Waals surface area (Å²) < 4.78 is 15.9. The molecular weight excluding hydrogens is 372 g/mol. The second-order valence-electron chi connectivity index (χ2n) is 6.79. The van der Waals surface area contributed by atoms with Crippen LogP contribution in [0.5, 0.6) is 11.8 Å². The van der Waals surface area contributed by atoms with E-state index in [0.29, 0.717) is 42.0 Å². The highest BCUT2D eigenvalue weighted by molar-refractivity contribution is 5.96. The van der Waals surface area contributed by atoms with Crippen molar-refractivity contribution in [1.82, 2.24) is 15.1 Å². The molecule has 1 fully saturated rings. The Bertz CT molecular complexity index is 1020. The molecule has 8 heteroatoms. The molecule has 1 atom stereocenters. The van der Waals surface area contributed by atoms with Crippen molar-refractivity contribution in [3.63, 3.8) is 0 Å². The SMILES string of the molecule is CCc1ccc(N2C[C@@H](c3noc(-c4ccc(OC)nc4OC)n3)CC2=O)cc1. The molecule has 0 radical (unpaired) electrons. The van der Waals surface area contributed by atoms with Crippen molar-refractivity contribution in [2.75, 3.05) is 25.7 Å². The molecule has 1 saturated heterocycles. The minimum Gasteiger partial charge on any atom is -0.481 e. The molecular formula is C21H22N4O4. The Morgan fingerprint density at radius 2 is 1.90 bits per heavy atom. The molecule has 0 aliphatic carbocycles. The van der Waals surface area contributed by atoms with Crippen molar-refractivity contribution in [3.8, 4) is 23.2 Å². The fourth-order valence-electron chi connectivity index (χ4n) is 3.41. The van der Waals surface area contributed by atoms with Crippen molar-refractivity contribution in [1.29, 1.82) is 0 Å². The standard InChI is InChI=1S/C21H22N4O4/c1-4-13-5-7-15(8-6-13)25-12-14(11-18(25)26)19-23-21(29-24-19)16-9-10-17(27-2)22-20(16)28-3/h5-10,14H,4,11-12H2,1-3H3/t14-/m0/s1. The monoisotopic (exact) mass is 394 g/mol. The molecule has 0 saturated carbocycles. The molecule has 2 aromatic heterocycles. The Balaban J connectivity index is 1.55. The van der Waals surface area contributed by atoms with Gasteiger partial charge in [-0.3, -0.25) is 4.79 Å². The summed E-state index contributed by atoms with van der Waals surface area (Å²) in [6.45, 7) is 2.62. The highest BCUT2D eigenvalue weighted by Gasteiger charge is 2.35. The van der Waals surface area contributed by atoms with Gasteiger partial charge in [0.2, 0.25) is 17.7 Å². The van der Waals surface area contributed by atoms with Gasteiger partial charge in [-0.2, -0.15) is 9.97 Å². The molecule has 1 aliphatic rings. The Hall–Kier alpha value is -3.42. The lowest BCUT2D eigenvalue weighted by molar-refractivity contribution is -0.117. The topological polar surface area (TPSA) is 90.6 Å². The van der Waals surface area contributed by atoms with Gasteiger partial charge in [0.15, 0.2) is 5.82 Å². The van der Waals surface area contributed by atoms with Crippen LogP contribution in [-0.2, 0) is 11.2 Å². The summed E-state index contributed by atoms with van der Waals surface area (Å²) in [7, 11) is 3.05. The third-order valence-corrected chi connectivity index (χ3v) is 5.06. The van der Waals surface area contributed by atoms with E-state index in [2.05, 4.69) is 22.0 Å². The number of amides is 1. The summed E-state index contributed by atoms with van der Waals surface area (Å²) >= 11 is 0. The molecule has 4 rings (SSSR count). The fraction of sp³-hybridized carbons (Fsp3) is 0.333. The number of pyridine rings is 1. The number of aromatic nitrogens is 3. The van der Waals surface area contributed by atoms with Gasteiger partial charge in [-0.1, -0.05) is 24.2 Å². The number of nitrogens with zero attached hydrogens (tertiary/aromatic N) is 4. The molecule has 3 aromatic rings. The van der Waals surface area contributed by atoms with Crippen LogP contribution in [0.15, 0.2) is 40.9 Å². The maximum Gasteiger partial charge on any atom is 0.263 e. The lowest BCUT2D eigenvalue weighted by atomic mass is 10.1. The van der Waals surface area contributed by atoms with Gasteiger partial charge in [-0.15, -0.1) is 0 Å². The normalized spacial score (nSPS) is 16.3. The van der Waals surface area contributed by atoms with Crippen LogP contribution >= 0.6 is 0 Å². The zero-order valence-corrected chi connectivity index (χ0v) is 16.6. The van der Waals surface area contributed by atoms with Crippen LogP contribution in [0.4, 0.5) is 5.69 Å². The predicted octanol–water partition coefficient (Wildman–Crippen LogP) is 3.23. The van der Waals surface area contributed by atoms with Gasteiger partial charge < -0.3 is 18.9 Å². The first-order valence-corrected chi connectivity index (χ1v) is 9.45. The van der Waals surface area contributed by atoms with Crippen LogP contribution in [0.3, 0.4) is 0 Å². The predicted molar refractivity (Wildman–Crippen MR) is 106 cm³/mol. The van der Waals surface area contributed by atoms with Crippen molar-refractivity contribution >= 4 is 11.6 Å². The van der Waals surface area contributed by atoms with Gasteiger partial charge >= 0.3 is 0 Å². The van der Waals surface area contributed by atoms with Crippen molar-refractivity contribution < 1.29 is 18.8 Å². The summed E-state index contributed by atoms with van der Waals surface area (Å²) in [5, 5.41) is 4.10. The Morgan fingerprint density at radius 3 is 2.59 bits per heavy atom. The van der Waals surface area contributed by atoms with Gasteiger partial charge in [-0.25, -0.2) is 0 Å². The van der Waals surface area contributed by atoms with Crippen molar-refractivity contribution in [3.05, 3.63) is 47.8 Å². The Morgan fingerprint density at radius 1 is 1.10 bits per heavy atom. The molecule has 3 heterocycles. The zero-order valence-electron chi connectivity index (χ0n) is 16.6. The molecule has 8 nitrogen and oxygen atoms in total. The number of anilines is 1. The Labute approximate surface area is 168 Å². The summed E-state index contributed by atoms with van der Waals surface area (Å²) in [6.07, 6.45) is 1.30. The summed E-state index contributed by atoms with van der Waals surface area (Å²) in [5.41, 5.74) is 2.70. The molecule has 1 amide bonds. The first-order valence-electron chi connectivity index (χ1n) is 9.45. The number of methoxy groups -OCH3 is 2. The van der Waals surface area contributed by atoms with Gasteiger partial charge in [0.25, 0.3) is 5.89 Å². The molecule has 0 unspecified atom stereocenters. The highest BCUT2D eigenvalue weighted by Crippen LogP contribution is 2.33. The largest absolute Gasteiger partial charge is 0.481 e. The number of ether oxygens (including phenoxy) is 2. The average Bonchev–Trinajstić information content (AvgIpc) is 3.40. The lowest BCUT2D eigenvalue weighted by Gasteiger charge is -2.16. The number of carbonyl (C=O) groups is 1. The number of carbonyl (C=O) groups excluding carboxylic acids is 1. The third kappa shape index (κ3) is 3.65. The lowest BCUT2D eigenvalue weighted by Crippen LogP contribution is -2.24. The van der Waals surface area contributed by atoms with Gasteiger partial charge in [-0.05, 0) is 30.2 Å². The van der Waals surface area contributed by atoms with E-state index in [1.165, 1.54) is 19.8 Å². The Kier molecular flexibility index (Phi) is 5.16. The number of benzene rings is 1. The van der Waals surface area contributed by atoms with Gasteiger partial charge in [0.05, 0.1) is 14.2 Å². The van der Waals surface area contributed by atoms with Crippen LogP contribution in [0.2, 0.25) is 0 Å². The second kappa shape index (κ2) is 7.90. The minimum atomic E-state index is -0.136. The van der Waals surface area contributed by atoms with E-state index in [4.69, 9.17) is 14.0 Å². The highest BCUT2D eigenvalue weighted by atomic mass is 16.5. The molecule has 150 valence electrons. The minimum absolute atomic E-state index is 0.0503. The van der Waals surface area contributed by atoms with E-state index in [1.54, 1.807) is 17.0 Å². The van der Waals surface area contributed by atoms with Crippen LogP contribution < -0.4 is 14.4 Å². The summed E-state index contributed by atoms with van der Waals surface area (Å²) in [4.78, 5) is 23.1. The average molecular weight is 394 g/mol. The van der Waals surface area contributed by atoms with Crippen molar-refractivity contribution in [2.45, 2.75) is 25.7 Å². The van der Waals surface area contributed by atoms with E-state index < -0.39 is 0 Å². The van der Waals surface area contributed by atoms with E-state index >= 15 is 0 Å². The number of hydrogen-bond acceptors (Lipinski definition) is 7. The first-order chi connectivity index (χ1) is 14.1. The number of rotatable bonds is 6. The smallest absolute Gasteiger partial charge is 0.263 e. The molecule has 29 heavy (non-hydrogen) atoms. The third-order valence-electron chi connectivity index (χ3n) is 5.06. The van der Waals surface area contributed by atoms with Gasteiger partial charge in [0, 0.05) is 30.6 Å². The van der Waals surface area contributed by atoms with E-state index in [0.717, 1.165) is 12.1 Å². The quantitative estimate of drug-likeness (QED) is 0.634. The van der Waals surface area contributed by atoms with Crippen molar-refractivity contribution in [2.24, 2.45) is 0 Å². The molecule has 1 aliphatic heterocycles. The zero-order chi connectivity index (χ0) is 20.4. The van der Waals surface area contributed by atoms with Crippen LogP contribution in [0, 0.1) is 0 Å². The first kappa shape index (κ1) is 18.9. The molecule has 0 bridgehead atoms. The molecule has 1 aromatic carbocycles. The van der Waals surface area contributed by atoms with Crippen LogP contribution in [0.25, 0.3) is 11.5 Å². The molecule has 0 spiro atoms. The van der Waals surface area contributed by atoms with E-state index in [9.17, 15) is 4.79 Å². The van der Waals surface area contributed by atoms with Crippen LogP contribution in [0.1, 0.15) is 30.7 Å². The summed E-state index contributed by atoms with van der Waals surface area (Å²) in [5.74, 6) is 1.47. The van der Waals surface area contributed by atoms with E-state index in [-0.39, 0.29) is 11.8 Å². The van der Waals surface area contributed by atoms with Crippen LogP contribution in [-0.4, -0.2) is 41.8 Å². The second-order valence-corrected chi connectivity index (χ2v) is 6.79. The van der Waals surface area contributed by atoms with Gasteiger partial charge in [0.1, 0.15) is 5.56 Å².